The number of carbonyl (C=O) groups excluding carboxylic acids is 1. The fourth-order valence-corrected chi connectivity index (χ4v) is 9.42. The first-order valence-corrected chi connectivity index (χ1v) is 31.8. The van der Waals surface area contributed by atoms with E-state index in [1.54, 1.807) is 4.57 Å². The van der Waals surface area contributed by atoms with Crippen LogP contribution in [0.4, 0.5) is 16.2 Å². The van der Waals surface area contributed by atoms with Gasteiger partial charge in [-0.3, -0.25) is 0 Å². The molecule has 0 fully saturated rings. The van der Waals surface area contributed by atoms with Crippen LogP contribution in [0.25, 0.3) is 17.0 Å². The van der Waals surface area contributed by atoms with Crippen LogP contribution in [-0.2, 0) is 30.5 Å². The molecule has 61 heavy (non-hydrogen) atoms. The molecule has 4 aromatic rings. The molecule has 2 heterocycles. The van der Waals surface area contributed by atoms with Crippen LogP contribution >= 0.6 is 15.9 Å². The molecule has 1 unspecified atom stereocenters. The number of ether oxygens (including phenoxy) is 2. The molecule has 0 aliphatic carbocycles. The number of aromatic nitrogens is 3. The highest BCUT2D eigenvalue weighted by Crippen LogP contribution is 2.44. The summed E-state index contributed by atoms with van der Waals surface area (Å²) in [6.07, 6.45) is 5.01. The summed E-state index contributed by atoms with van der Waals surface area (Å²) in [6.45, 7) is 41.1. The molecule has 0 amide bonds. The lowest BCUT2D eigenvalue weighted by atomic mass is 9.86. The minimum Gasteiger partial charge on any atom is -0.443 e. The van der Waals surface area contributed by atoms with E-state index in [0.29, 0.717) is 42.5 Å². The van der Waals surface area contributed by atoms with Crippen molar-refractivity contribution in [1.82, 2.24) is 14.1 Å². The summed E-state index contributed by atoms with van der Waals surface area (Å²) in [4.78, 5) is 19.4. The Balaban J connectivity index is 1.97. The molecule has 14 heteroatoms. The second kappa shape index (κ2) is 19.0. The number of carbonyl (C=O) groups is 1. The van der Waals surface area contributed by atoms with Crippen LogP contribution in [0, 0.1) is 0 Å². The number of azo groups is 1. The highest BCUT2D eigenvalue weighted by atomic mass is 79.9. The highest BCUT2D eigenvalue weighted by molar-refractivity contribution is 9.10. The van der Waals surface area contributed by atoms with Gasteiger partial charge in [-0.05, 0) is 99.5 Å². The maximum atomic E-state index is 14.2. The summed E-state index contributed by atoms with van der Waals surface area (Å²) in [7, 11) is -5.87. The maximum Gasteiger partial charge on any atom is 0.419 e. The van der Waals surface area contributed by atoms with E-state index >= 15 is 0 Å². The number of rotatable bonds is 16. The second-order valence-corrected chi connectivity index (χ2v) is 38.1. The Morgan fingerprint density at radius 2 is 1.48 bits per heavy atom. The maximum absolute atomic E-state index is 14.2. The highest BCUT2D eigenvalue weighted by Gasteiger charge is 2.44. The van der Waals surface area contributed by atoms with E-state index < -0.39 is 47.9 Å². The monoisotopic (exact) mass is 951 g/mol. The minimum absolute atomic E-state index is 0.0112. The predicted octanol–water partition coefficient (Wildman–Crippen LogP) is 15.2. The average Bonchev–Trinajstić information content (AvgIpc) is 3.67. The summed E-state index contributed by atoms with van der Waals surface area (Å²) >= 11 is 3.64. The van der Waals surface area contributed by atoms with Crippen LogP contribution in [0.5, 0.6) is 0 Å². The average molecular weight is 953 g/mol. The third kappa shape index (κ3) is 13.3. The molecule has 2 aromatic carbocycles. The van der Waals surface area contributed by atoms with Crippen molar-refractivity contribution in [3.63, 3.8) is 0 Å². The van der Waals surface area contributed by atoms with Crippen molar-refractivity contribution in [2.75, 3.05) is 13.2 Å². The van der Waals surface area contributed by atoms with Gasteiger partial charge in [-0.1, -0.05) is 115 Å². The zero-order valence-electron chi connectivity index (χ0n) is 40.4. The molecular weight excluding hydrogens is 879 g/mol. The molecule has 0 aliphatic rings. The number of benzene rings is 2. The van der Waals surface area contributed by atoms with Gasteiger partial charge in [0.25, 0.3) is 0 Å². The number of allylic oxidation sites excluding steroid dienone is 1. The quantitative estimate of drug-likeness (QED) is 0.0630. The van der Waals surface area contributed by atoms with Gasteiger partial charge < -0.3 is 22.9 Å². The third-order valence-corrected chi connectivity index (χ3v) is 23.0. The van der Waals surface area contributed by atoms with Crippen molar-refractivity contribution < 1.29 is 23.1 Å². The van der Waals surface area contributed by atoms with Crippen LogP contribution in [0.2, 0.25) is 61.9 Å². The Labute approximate surface area is 378 Å². The minimum atomic E-state index is -2.35. The Hall–Kier alpha value is -2.99. The Morgan fingerprint density at radius 3 is 2.05 bits per heavy atom. The van der Waals surface area contributed by atoms with Crippen molar-refractivity contribution in [3.8, 4) is 0 Å². The first kappa shape index (κ1) is 50.7. The first-order valence-electron chi connectivity index (χ1n) is 21.5. The van der Waals surface area contributed by atoms with E-state index in [1.807, 2.05) is 81.7 Å². The summed E-state index contributed by atoms with van der Waals surface area (Å²) in [5.41, 5.74) is 2.79. The van der Waals surface area contributed by atoms with E-state index in [1.165, 1.54) is 0 Å². The van der Waals surface area contributed by atoms with Gasteiger partial charge >= 0.3 is 6.09 Å². The van der Waals surface area contributed by atoms with Crippen LogP contribution in [0.1, 0.15) is 99.3 Å². The van der Waals surface area contributed by atoms with Gasteiger partial charge in [0.2, 0.25) is 0 Å². The first-order chi connectivity index (χ1) is 27.8. The van der Waals surface area contributed by atoms with Crippen LogP contribution < -0.4 is 0 Å². The van der Waals surface area contributed by atoms with Crippen LogP contribution in [-0.4, -0.2) is 63.7 Å². The van der Waals surface area contributed by atoms with Gasteiger partial charge in [0.1, 0.15) is 24.1 Å². The molecule has 0 bridgehead atoms. The third-order valence-electron chi connectivity index (χ3n) is 11.9. The van der Waals surface area contributed by atoms with E-state index in [0.717, 1.165) is 27.3 Å². The number of halogens is 1. The van der Waals surface area contributed by atoms with E-state index in [9.17, 15) is 4.79 Å². The lowest BCUT2D eigenvalue weighted by Crippen LogP contribution is -2.46. The van der Waals surface area contributed by atoms with Crippen LogP contribution in [0.3, 0.4) is 0 Å². The number of imidazole rings is 1. The van der Waals surface area contributed by atoms with Crippen LogP contribution in [0.15, 0.2) is 75.6 Å². The summed E-state index contributed by atoms with van der Waals surface area (Å²) < 4.78 is 31.4. The molecule has 0 saturated carbocycles. The predicted molar refractivity (Wildman–Crippen MR) is 264 cm³/mol. The smallest absolute Gasteiger partial charge is 0.419 e. The summed E-state index contributed by atoms with van der Waals surface area (Å²) in [5.74, 6) is 0. The topological polar surface area (TPSA) is 101 Å². The number of fused-ring (bicyclic) bond motifs is 1. The molecule has 0 spiro atoms. The van der Waals surface area contributed by atoms with E-state index in [-0.39, 0.29) is 10.1 Å². The number of hydrogen-bond acceptors (Lipinski definition) is 8. The molecular formula is C47H74BrN5O5Si3. The van der Waals surface area contributed by atoms with Gasteiger partial charge in [0.05, 0.1) is 41.2 Å². The number of nitrogens with zero attached hydrogens (tertiary/aromatic N) is 5. The van der Waals surface area contributed by atoms with E-state index in [4.69, 9.17) is 28.4 Å². The standard InChI is InChI=1S/C47H74BrN5O5Si3/c1-44(2,3)57-43(54)53-37(40(36-25-24-34(48)30-38(36)53)51-50-35-22-20-19-21-23-35)26-27-47(10,11)42-41(52(32-49-42)33-55-28-29-59(12,13)14)39(58-61(17,18)46(7,8)9)31-56-60(15,16)45(4,5)6/h19-27,30,32,39H,28-29,31,33H2,1-18H3/b27-26+,51-50?. The molecule has 0 aliphatic heterocycles. The molecule has 0 saturated heterocycles. The van der Waals surface area contributed by atoms with Gasteiger partial charge in [-0.2, -0.15) is 5.11 Å². The fourth-order valence-electron chi connectivity index (χ4n) is 6.07. The summed E-state index contributed by atoms with van der Waals surface area (Å²) in [5, 5.41) is 10.2. The zero-order chi connectivity index (χ0) is 46.0. The molecule has 0 radical (unpaired) electrons. The Kier molecular flexibility index (Phi) is 15.8. The van der Waals surface area contributed by atoms with Gasteiger partial charge in [0.15, 0.2) is 16.6 Å². The summed E-state index contributed by atoms with van der Waals surface area (Å²) in [6, 6.07) is 16.5. The molecule has 2 aromatic heterocycles. The molecule has 4 rings (SSSR count). The van der Waals surface area contributed by atoms with Gasteiger partial charge in [0, 0.05) is 30.0 Å². The normalized spacial score (nSPS) is 14.5. The molecule has 1 atom stereocenters. The number of hydrogen-bond donors (Lipinski definition) is 0. The fraction of sp³-hybridized carbons (Fsp3) is 0.574. The van der Waals surface area contributed by atoms with Crippen molar-refractivity contribution in [3.05, 3.63) is 82.5 Å². The molecule has 336 valence electrons. The Morgan fingerprint density at radius 1 is 0.852 bits per heavy atom. The SMILES string of the molecule is CC(C)(C)OC(=O)n1c(/C=C/C(C)(C)c2ncn(COCC[Si](C)(C)C)c2C(CO[Si](C)(C)C(C)(C)C)O[Si](C)(C)C(C)(C)C)c(N=Nc2ccccc2)c2ccc(Br)cc21. The Bertz CT molecular complexity index is 2180. The lowest BCUT2D eigenvalue weighted by Gasteiger charge is -2.42. The van der Waals surface area contributed by atoms with Gasteiger partial charge in [-0.15, -0.1) is 5.11 Å². The van der Waals surface area contributed by atoms with Crippen molar-refractivity contribution in [2.24, 2.45) is 10.2 Å². The van der Waals surface area contributed by atoms with Crippen molar-refractivity contribution in [2.45, 2.75) is 162 Å². The molecule has 0 N–H and O–H groups in total. The molecule has 10 nitrogen and oxygen atoms in total. The second-order valence-electron chi connectivity index (χ2n) is 22.0. The zero-order valence-corrected chi connectivity index (χ0v) is 45.0. The largest absolute Gasteiger partial charge is 0.443 e. The van der Waals surface area contributed by atoms with E-state index in [2.05, 4.69) is 133 Å². The van der Waals surface area contributed by atoms with Gasteiger partial charge in [-0.25, -0.2) is 14.3 Å². The lowest BCUT2D eigenvalue weighted by molar-refractivity contribution is 0.0543. The van der Waals surface area contributed by atoms with Crippen molar-refractivity contribution in [1.29, 1.82) is 0 Å². The van der Waals surface area contributed by atoms with Crippen molar-refractivity contribution >= 4 is 75.1 Å².